The van der Waals surface area contributed by atoms with Crippen LogP contribution < -0.4 is 5.73 Å². The lowest BCUT2D eigenvalue weighted by atomic mass is 10.1. The van der Waals surface area contributed by atoms with Crippen LogP contribution in [0, 0.1) is 0 Å². The van der Waals surface area contributed by atoms with Gasteiger partial charge in [0, 0.05) is 23.6 Å². The van der Waals surface area contributed by atoms with Gasteiger partial charge in [-0.2, -0.15) is 0 Å². The highest BCUT2D eigenvalue weighted by molar-refractivity contribution is 5.91. The van der Waals surface area contributed by atoms with Crippen LogP contribution in [-0.2, 0) is 6.42 Å². The molecule has 96 valence electrons. The predicted molar refractivity (Wildman–Crippen MR) is 72.4 cm³/mol. The highest BCUT2D eigenvalue weighted by atomic mass is 16.4. The van der Waals surface area contributed by atoms with Crippen molar-refractivity contribution in [2.75, 3.05) is 6.54 Å². The molecule has 0 radical (unpaired) electrons. The summed E-state index contributed by atoms with van der Waals surface area (Å²) < 4.78 is 5.67. The molecule has 0 aliphatic rings. The quantitative estimate of drug-likeness (QED) is 0.772. The van der Waals surface area contributed by atoms with Gasteiger partial charge in [-0.1, -0.05) is 18.2 Å². The molecule has 5 heteroatoms. The van der Waals surface area contributed by atoms with Crippen LogP contribution in [0.2, 0.25) is 0 Å². The summed E-state index contributed by atoms with van der Waals surface area (Å²) in [4.78, 5) is 4.32. The number of benzene rings is 1. The summed E-state index contributed by atoms with van der Waals surface area (Å²) in [5.41, 5.74) is 7.30. The molecule has 0 aliphatic heterocycles. The third-order valence-electron chi connectivity index (χ3n) is 2.94. The van der Waals surface area contributed by atoms with E-state index in [1.54, 1.807) is 6.20 Å². The first kappa shape index (κ1) is 11.8. The predicted octanol–water partition coefficient (Wildman–Crippen LogP) is 2.18. The fraction of sp³-hybridized carbons (Fsp3) is 0.214. The lowest BCUT2D eigenvalue weighted by molar-refractivity contribution is 0.499. The van der Waals surface area contributed by atoms with Crippen LogP contribution in [0.15, 0.2) is 40.9 Å². The molecule has 0 unspecified atom stereocenters. The molecule has 3 rings (SSSR count). The van der Waals surface area contributed by atoms with Gasteiger partial charge in [0.2, 0.25) is 11.8 Å². The standard InChI is InChI=1S/C14H14N4O/c15-8-3-6-13-17-18-14(19-13)11-7-9-16-12-5-2-1-4-10(11)12/h1-2,4-5,7,9H,3,6,8,15H2. The average molecular weight is 254 g/mol. The molecule has 19 heavy (non-hydrogen) atoms. The first-order chi connectivity index (χ1) is 9.38. The summed E-state index contributed by atoms with van der Waals surface area (Å²) in [5.74, 6) is 1.16. The zero-order chi connectivity index (χ0) is 13.1. The topological polar surface area (TPSA) is 77.8 Å². The Bertz CT molecular complexity index is 687. The smallest absolute Gasteiger partial charge is 0.248 e. The lowest BCUT2D eigenvalue weighted by Gasteiger charge is -2.00. The molecule has 0 aliphatic carbocycles. The maximum Gasteiger partial charge on any atom is 0.248 e. The van der Waals surface area contributed by atoms with Crippen LogP contribution in [0.5, 0.6) is 0 Å². The molecule has 0 atom stereocenters. The van der Waals surface area contributed by atoms with Gasteiger partial charge in [-0.3, -0.25) is 4.98 Å². The highest BCUT2D eigenvalue weighted by Crippen LogP contribution is 2.26. The number of nitrogens with zero attached hydrogens (tertiary/aromatic N) is 3. The Kier molecular flexibility index (Phi) is 3.20. The number of aryl methyl sites for hydroxylation is 1. The molecule has 0 bridgehead atoms. The minimum absolute atomic E-state index is 0.533. The first-order valence-corrected chi connectivity index (χ1v) is 6.25. The molecule has 2 aromatic heterocycles. The summed E-state index contributed by atoms with van der Waals surface area (Å²) in [5, 5.41) is 9.16. The number of hydrogen-bond acceptors (Lipinski definition) is 5. The second-order valence-electron chi connectivity index (χ2n) is 4.27. The summed E-state index contributed by atoms with van der Waals surface area (Å²) in [7, 11) is 0. The van der Waals surface area contributed by atoms with E-state index in [2.05, 4.69) is 15.2 Å². The molecule has 3 aromatic rings. The second-order valence-corrected chi connectivity index (χ2v) is 4.27. The summed E-state index contributed by atoms with van der Waals surface area (Å²) in [6.07, 6.45) is 3.31. The third-order valence-corrected chi connectivity index (χ3v) is 2.94. The SMILES string of the molecule is NCCCc1nnc(-c2ccnc3ccccc23)o1. The molecule has 1 aromatic carbocycles. The number of pyridine rings is 1. The Morgan fingerprint density at radius 2 is 2.00 bits per heavy atom. The molecular weight excluding hydrogens is 240 g/mol. The van der Waals surface area contributed by atoms with E-state index in [9.17, 15) is 0 Å². The Hall–Kier alpha value is -2.27. The van der Waals surface area contributed by atoms with Crippen LogP contribution in [0.25, 0.3) is 22.4 Å². The Balaban J connectivity index is 2.02. The van der Waals surface area contributed by atoms with E-state index >= 15 is 0 Å². The van der Waals surface area contributed by atoms with E-state index in [1.165, 1.54) is 0 Å². The minimum atomic E-state index is 0.533. The van der Waals surface area contributed by atoms with Crippen LogP contribution in [-0.4, -0.2) is 21.7 Å². The molecule has 0 fully saturated rings. The molecule has 2 N–H and O–H groups in total. The van der Waals surface area contributed by atoms with Gasteiger partial charge >= 0.3 is 0 Å². The fourth-order valence-corrected chi connectivity index (χ4v) is 2.00. The summed E-state index contributed by atoms with van der Waals surface area (Å²) in [6.45, 7) is 0.621. The third kappa shape index (κ3) is 2.32. The van der Waals surface area contributed by atoms with Crippen molar-refractivity contribution in [3.63, 3.8) is 0 Å². The molecule has 0 spiro atoms. The van der Waals surface area contributed by atoms with Gasteiger partial charge in [-0.05, 0) is 25.1 Å². The van der Waals surface area contributed by atoms with Crippen molar-refractivity contribution in [2.24, 2.45) is 5.73 Å². The largest absolute Gasteiger partial charge is 0.421 e. The Labute approximate surface area is 110 Å². The number of hydrogen-bond donors (Lipinski definition) is 1. The van der Waals surface area contributed by atoms with E-state index < -0.39 is 0 Å². The van der Waals surface area contributed by atoms with Crippen molar-refractivity contribution >= 4 is 10.9 Å². The summed E-state index contributed by atoms with van der Waals surface area (Å²) >= 11 is 0. The second kappa shape index (κ2) is 5.16. The molecular formula is C14H14N4O. The number of rotatable bonds is 4. The molecule has 0 amide bonds. The van der Waals surface area contributed by atoms with Gasteiger partial charge in [0.15, 0.2) is 0 Å². The highest BCUT2D eigenvalue weighted by Gasteiger charge is 2.11. The van der Waals surface area contributed by atoms with E-state index in [0.717, 1.165) is 22.9 Å². The number of para-hydroxylation sites is 1. The molecule has 0 saturated carbocycles. The van der Waals surface area contributed by atoms with Gasteiger partial charge in [0.1, 0.15) is 0 Å². The van der Waals surface area contributed by atoms with E-state index in [0.29, 0.717) is 24.7 Å². The Morgan fingerprint density at radius 3 is 2.89 bits per heavy atom. The van der Waals surface area contributed by atoms with Crippen molar-refractivity contribution in [1.82, 2.24) is 15.2 Å². The molecule has 0 saturated heterocycles. The zero-order valence-electron chi connectivity index (χ0n) is 10.4. The van der Waals surface area contributed by atoms with Gasteiger partial charge in [0.05, 0.1) is 5.52 Å². The summed E-state index contributed by atoms with van der Waals surface area (Å²) in [6, 6.07) is 9.79. The van der Waals surface area contributed by atoms with Crippen LogP contribution in [0.4, 0.5) is 0 Å². The maximum atomic E-state index is 5.67. The fourth-order valence-electron chi connectivity index (χ4n) is 2.00. The molecule has 2 heterocycles. The van der Waals surface area contributed by atoms with Gasteiger partial charge < -0.3 is 10.2 Å². The van der Waals surface area contributed by atoms with E-state index in [1.807, 2.05) is 30.3 Å². The van der Waals surface area contributed by atoms with Crippen LogP contribution in [0.3, 0.4) is 0 Å². The van der Waals surface area contributed by atoms with Gasteiger partial charge in [0.25, 0.3) is 0 Å². The zero-order valence-corrected chi connectivity index (χ0v) is 10.4. The van der Waals surface area contributed by atoms with Crippen molar-refractivity contribution in [2.45, 2.75) is 12.8 Å². The minimum Gasteiger partial charge on any atom is -0.421 e. The van der Waals surface area contributed by atoms with Crippen molar-refractivity contribution in [1.29, 1.82) is 0 Å². The average Bonchev–Trinajstić information content (AvgIpc) is 2.93. The normalized spacial score (nSPS) is 11.0. The van der Waals surface area contributed by atoms with Gasteiger partial charge in [-0.25, -0.2) is 0 Å². The number of nitrogens with two attached hydrogens (primary N) is 1. The van der Waals surface area contributed by atoms with Crippen LogP contribution in [0.1, 0.15) is 12.3 Å². The Morgan fingerprint density at radius 1 is 1.11 bits per heavy atom. The number of aromatic nitrogens is 3. The lowest BCUT2D eigenvalue weighted by Crippen LogP contribution is -2.00. The van der Waals surface area contributed by atoms with E-state index in [-0.39, 0.29) is 0 Å². The van der Waals surface area contributed by atoms with E-state index in [4.69, 9.17) is 10.2 Å². The number of fused-ring (bicyclic) bond motifs is 1. The van der Waals surface area contributed by atoms with Crippen LogP contribution >= 0.6 is 0 Å². The van der Waals surface area contributed by atoms with Crippen molar-refractivity contribution in [3.05, 3.63) is 42.4 Å². The van der Waals surface area contributed by atoms with Crippen molar-refractivity contribution in [3.8, 4) is 11.5 Å². The van der Waals surface area contributed by atoms with Gasteiger partial charge in [-0.15, -0.1) is 10.2 Å². The molecule has 5 nitrogen and oxygen atoms in total. The monoisotopic (exact) mass is 254 g/mol. The van der Waals surface area contributed by atoms with Crippen molar-refractivity contribution < 1.29 is 4.42 Å². The maximum absolute atomic E-state index is 5.67. The first-order valence-electron chi connectivity index (χ1n) is 6.25.